The van der Waals surface area contributed by atoms with Crippen molar-refractivity contribution in [3.8, 4) is 0 Å². The lowest BCUT2D eigenvalue weighted by atomic mass is 9.94. The minimum atomic E-state index is 0.219. The summed E-state index contributed by atoms with van der Waals surface area (Å²) in [5.74, 6) is 0.688. The van der Waals surface area contributed by atoms with Crippen LogP contribution in [0.3, 0.4) is 0 Å². The van der Waals surface area contributed by atoms with Crippen LogP contribution >= 0.6 is 0 Å². The van der Waals surface area contributed by atoms with Gasteiger partial charge in [0.05, 0.1) is 6.04 Å². The van der Waals surface area contributed by atoms with Crippen LogP contribution in [-0.4, -0.2) is 23.5 Å². The molecular weight excluding hydrogens is 244 g/mol. The van der Waals surface area contributed by atoms with Crippen molar-refractivity contribution in [2.24, 2.45) is 11.7 Å². The molecule has 2 atom stereocenters. The largest absolute Gasteiger partial charge is 0.326 e. The zero-order valence-electron chi connectivity index (χ0n) is 13.5. The maximum atomic E-state index is 6.49. The van der Waals surface area contributed by atoms with Crippen molar-refractivity contribution >= 4 is 0 Å². The molecule has 1 aliphatic carbocycles. The molecule has 112 valence electrons. The summed E-state index contributed by atoms with van der Waals surface area (Å²) >= 11 is 0. The second-order valence-corrected chi connectivity index (χ2v) is 6.75. The Bertz CT molecular complexity index is 406. The van der Waals surface area contributed by atoms with E-state index < -0.39 is 0 Å². The highest BCUT2D eigenvalue weighted by Crippen LogP contribution is 2.37. The molecule has 1 fully saturated rings. The first-order valence-corrected chi connectivity index (χ1v) is 8.10. The van der Waals surface area contributed by atoms with Gasteiger partial charge >= 0.3 is 0 Å². The molecule has 1 aliphatic rings. The van der Waals surface area contributed by atoms with Gasteiger partial charge in [0.2, 0.25) is 0 Å². The van der Waals surface area contributed by atoms with Crippen LogP contribution < -0.4 is 5.73 Å². The first-order chi connectivity index (χ1) is 9.52. The molecular formula is C18H30N2. The lowest BCUT2D eigenvalue weighted by Crippen LogP contribution is -2.43. The van der Waals surface area contributed by atoms with Gasteiger partial charge in [-0.15, -0.1) is 0 Å². The van der Waals surface area contributed by atoms with E-state index in [-0.39, 0.29) is 6.04 Å². The molecule has 0 spiro atoms. The maximum Gasteiger partial charge on any atom is 0.0502 e. The molecule has 0 bridgehead atoms. The van der Waals surface area contributed by atoms with Crippen LogP contribution in [0, 0.1) is 12.8 Å². The zero-order valence-corrected chi connectivity index (χ0v) is 13.5. The molecule has 2 unspecified atom stereocenters. The third-order valence-corrected chi connectivity index (χ3v) is 4.24. The van der Waals surface area contributed by atoms with E-state index in [9.17, 15) is 0 Å². The number of nitrogens with zero attached hydrogens (tertiary/aromatic N) is 1. The Hall–Kier alpha value is -0.860. The van der Waals surface area contributed by atoms with Crippen molar-refractivity contribution in [3.63, 3.8) is 0 Å². The third-order valence-electron chi connectivity index (χ3n) is 4.24. The molecule has 2 rings (SSSR count). The summed E-state index contributed by atoms with van der Waals surface area (Å²) in [6.45, 7) is 10.1. The maximum absolute atomic E-state index is 6.49. The highest BCUT2D eigenvalue weighted by molar-refractivity contribution is 5.26. The number of hydrogen-bond donors (Lipinski definition) is 1. The van der Waals surface area contributed by atoms with E-state index in [4.69, 9.17) is 5.73 Å². The SMILES string of the molecule is CCC(N)C(c1ccc(C)cc1)N(CC(C)C)C1CC1. The topological polar surface area (TPSA) is 29.3 Å². The average molecular weight is 274 g/mol. The van der Waals surface area contributed by atoms with E-state index in [1.807, 2.05) is 0 Å². The second-order valence-electron chi connectivity index (χ2n) is 6.75. The molecule has 1 aromatic carbocycles. The van der Waals surface area contributed by atoms with Crippen molar-refractivity contribution in [1.29, 1.82) is 0 Å². The monoisotopic (exact) mass is 274 g/mol. The van der Waals surface area contributed by atoms with Gasteiger partial charge < -0.3 is 5.73 Å². The van der Waals surface area contributed by atoms with E-state index >= 15 is 0 Å². The van der Waals surface area contributed by atoms with Crippen LogP contribution in [0.5, 0.6) is 0 Å². The fourth-order valence-electron chi connectivity index (χ4n) is 2.99. The molecule has 2 N–H and O–H groups in total. The predicted octanol–water partition coefficient (Wildman–Crippen LogP) is 3.89. The Kier molecular flexibility index (Phi) is 5.22. The Balaban J connectivity index is 2.27. The smallest absolute Gasteiger partial charge is 0.0502 e. The Labute approximate surface area is 124 Å². The molecule has 1 aromatic rings. The summed E-state index contributed by atoms with van der Waals surface area (Å²) in [4.78, 5) is 2.67. The van der Waals surface area contributed by atoms with Crippen molar-refractivity contribution in [3.05, 3.63) is 35.4 Å². The summed E-state index contributed by atoms with van der Waals surface area (Å²) < 4.78 is 0. The first-order valence-electron chi connectivity index (χ1n) is 8.10. The normalized spacial score (nSPS) is 18.6. The number of hydrogen-bond acceptors (Lipinski definition) is 2. The molecule has 20 heavy (non-hydrogen) atoms. The number of nitrogens with two attached hydrogens (primary N) is 1. The fraction of sp³-hybridized carbons (Fsp3) is 0.667. The van der Waals surface area contributed by atoms with Crippen LogP contribution in [0.4, 0.5) is 0 Å². The van der Waals surface area contributed by atoms with Crippen molar-refractivity contribution in [2.75, 3.05) is 6.54 Å². The van der Waals surface area contributed by atoms with Gasteiger partial charge in [0, 0.05) is 18.6 Å². The molecule has 0 amide bonds. The van der Waals surface area contributed by atoms with Gasteiger partial charge in [-0.3, -0.25) is 4.90 Å². The van der Waals surface area contributed by atoms with Crippen LogP contribution in [0.1, 0.15) is 57.2 Å². The second kappa shape index (κ2) is 6.73. The molecule has 1 saturated carbocycles. The Morgan fingerprint density at radius 2 is 1.80 bits per heavy atom. The lowest BCUT2D eigenvalue weighted by molar-refractivity contribution is 0.141. The molecule has 0 aliphatic heterocycles. The van der Waals surface area contributed by atoms with E-state index in [1.165, 1.54) is 24.0 Å². The molecule has 2 heteroatoms. The quantitative estimate of drug-likeness (QED) is 0.817. The Morgan fingerprint density at radius 1 is 1.20 bits per heavy atom. The first kappa shape index (κ1) is 15.5. The van der Waals surface area contributed by atoms with Crippen LogP contribution in [0.2, 0.25) is 0 Å². The van der Waals surface area contributed by atoms with E-state index in [0.717, 1.165) is 19.0 Å². The van der Waals surface area contributed by atoms with Crippen molar-refractivity contribution in [1.82, 2.24) is 4.90 Å². The minimum absolute atomic E-state index is 0.219. The van der Waals surface area contributed by atoms with E-state index in [2.05, 4.69) is 56.9 Å². The van der Waals surface area contributed by atoms with Gasteiger partial charge in [0.1, 0.15) is 0 Å². The average Bonchev–Trinajstić information content (AvgIpc) is 3.23. The summed E-state index contributed by atoms with van der Waals surface area (Å²) in [6.07, 6.45) is 3.71. The van der Waals surface area contributed by atoms with Gasteiger partial charge in [-0.05, 0) is 37.7 Å². The summed E-state index contributed by atoms with van der Waals surface area (Å²) in [5, 5.41) is 0. The van der Waals surface area contributed by atoms with E-state index in [0.29, 0.717) is 12.0 Å². The zero-order chi connectivity index (χ0) is 14.7. The summed E-state index contributed by atoms with van der Waals surface area (Å²) in [7, 11) is 0. The molecule has 0 radical (unpaired) electrons. The van der Waals surface area contributed by atoms with Crippen LogP contribution in [0.25, 0.3) is 0 Å². The fourth-order valence-corrected chi connectivity index (χ4v) is 2.99. The van der Waals surface area contributed by atoms with Gasteiger partial charge in [-0.25, -0.2) is 0 Å². The number of benzene rings is 1. The van der Waals surface area contributed by atoms with Gasteiger partial charge in [0.15, 0.2) is 0 Å². The summed E-state index contributed by atoms with van der Waals surface area (Å²) in [6, 6.07) is 10.3. The molecule has 0 heterocycles. The number of rotatable bonds is 7. The standard InChI is InChI=1S/C18H30N2/c1-5-17(19)18(15-8-6-14(4)7-9-15)20(12-13(2)3)16-10-11-16/h6-9,13,16-18H,5,10-12,19H2,1-4H3. The molecule has 0 aromatic heterocycles. The highest BCUT2D eigenvalue weighted by Gasteiger charge is 2.36. The minimum Gasteiger partial charge on any atom is -0.326 e. The third kappa shape index (κ3) is 3.83. The highest BCUT2D eigenvalue weighted by atomic mass is 15.2. The lowest BCUT2D eigenvalue weighted by Gasteiger charge is -2.37. The predicted molar refractivity (Wildman–Crippen MR) is 86.8 cm³/mol. The van der Waals surface area contributed by atoms with Crippen LogP contribution in [0.15, 0.2) is 24.3 Å². The van der Waals surface area contributed by atoms with Gasteiger partial charge in [-0.1, -0.05) is 50.6 Å². The van der Waals surface area contributed by atoms with Gasteiger partial charge in [-0.2, -0.15) is 0 Å². The molecule has 0 saturated heterocycles. The Morgan fingerprint density at radius 3 is 2.25 bits per heavy atom. The van der Waals surface area contributed by atoms with Crippen molar-refractivity contribution in [2.45, 2.75) is 65.1 Å². The molecule has 2 nitrogen and oxygen atoms in total. The van der Waals surface area contributed by atoms with E-state index in [1.54, 1.807) is 0 Å². The van der Waals surface area contributed by atoms with Gasteiger partial charge in [0.25, 0.3) is 0 Å². The summed E-state index contributed by atoms with van der Waals surface area (Å²) in [5.41, 5.74) is 9.19. The number of aryl methyl sites for hydroxylation is 1. The van der Waals surface area contributed by atoms with Crippen molar-refractivity contribution < 1.29 is 0 Å². The van der Waals surface area contributed by atoms with Crippen LogP contribution in [-0.2, 0) is 0 Å².